The maximum atomic E-state index is 13.1. The zero-order valence-electron chi connectivity index (χ0n) is 16.4. The molecule has 6 nitrogen and oxygen atoms in total. The van der Waals surface area contributed by atoms with Crippen molar-refractivity contribution in [2.45, 2.75) is 57.4 Å². The molecule has 0 aromatic carbocycles. The molecular weight excluding hydrogens is 332 g/mol. The molecule has 3 aliphatic rings. The first-order valence-electron chi connectivity index (χ1n) is 10.2. The summed E-state index contributed by atoms with van der Waals surface area (Å²) in [4.78, 5) is 29.8. The maximum absolute atomic E-state index is 13.1. The van der Waals surface area contributed by atoms with Crippen LogP contribution in [-0.2, 0) is 19.1 Å². The Balaban J connectivity index is 1.71. The highest BCUT2D eigenvalue weighted by Gasteiger charge is 2.43. The molecule has 3 rings (SSSR count). The van der Waals surface area contributed by atoms with Crippen molar-refractivity contribution in [3.63, 3.8) is 0 Å². The summed E-state index contributed by atoms with van der Waals surface area (Å²) < 4.78 is 10.7. The quantitative estimate of drug-likeness (QED) is 0.764. The van der Waals surface area contributed by atoms with Crippen LogP contribution in [0.5, 0.6) is 0 Å². The van der Waals surface area contributed by atoms with Gasteiger partial charge in [-0.25, -0.2) is 0 Å². The van der Waals surface area contributed by atoms with E-state index in [9.17, 15) is 9.59 Å². The predicted molar refractivity (Wildman–Crippen MR) is 98.7 cm³/mol. The van der Waals surface area contributed by atoms with Crippen molar-refractivity contribution in [1.82, 2.24) is 9.80 Å². The predicted octanol–water partition coefficient (Wildman–Crippen LogP) is 2.07. The lowest BCUT2D eigenvalue weighted by atomic mass is 9.84. The maximum Gasteiger partial charge on any atom is 0.249 e. The molecule has 1 aliphatic carbocycles. The van der Waals surface area contributed by atoms with Crippen molar-refractivity contribution in [1.29, 1.82) is 0 Å². The first kappa shape index (κ1) is 19.6. The number of hydrogen-bond donors (Lipinski definition) is 0. The minimum absolute atomic E-state index is 0.0348. The van der Waals surface area contributed by atoms with E-state index in [2.05, 4.69) is 6.92 Å². The van der Waals surface area contributed by atoms with E-state index in [0.717, 1.165) is 25.8 Å². The van der Waals surface area contributed by atoms with E-state index >= 15 is 0 Å². The molecule has 1 atom stereocenters. The summed E-state index contributed by atoms with van der Waals surface area (Å²) >= 11 is 0. The lowest BCUT2D eigenvalue weighted by Gasteiger charge is -2.45. The van der Waals surface area contributed by atoms with Gasteiger partial charge in [-0.2, -0.15) is 0 Å². The Labute approximate surface area is 157 Å². The Morgan fingerprint density at radius 1 is 1.12 bits per heavy atom. The van der Waals surface area contributed by atoms with Crippen molar-refractivity contribution in [2.24, 2.45) is 11.8 Å². The van der Waals surface area contributed by atoms with E-state index in [1.54, 1.807) is 7.11 Å². The standard InChI is InChI=1S/C20H34N2O4/c1-16(17-5-3-4-6-17)19(24)21-10-7-20(8-13-26-14-9-20)22(12-11-21)18(23)15-25-2/h16-17H,3-15H2,1-2H3. The van der Waals surface area contributed by atoms with Gasteiger partial charge in [-0.3, -0.25) is 9.59 Å². The van der Waals surface area contributed by atoms with Crippen LogP contribution in [0.2, 0.25) is 0 Å². The Hall–Kier alpha value is -1.14. The molecule has 26 heavy (non-hydrogen) atoms. The van der Waals surface area contributed by atoms with Crippen LogP contribution in [0.15, 0.2) is 0 Å². The van der Waals surface area contributed by atoms with Gasteiger partial charge in [-0.05, 0) is 38.0 Å². The lowest BCUT2D eigenvalue weighted by Crippen LogP contribution is -2.55. The highest BCUT2D eigenvalue weighted by atomic mass is 16.5. The topological polar surface area (TPSA) is 59.1 Å². The molecule has 1 spiro atoms. The van der Waals surface area contributed by atoms with Crippen LogP contribution in [0.3, 0.4) is 0 Å². The van der Waals surface area contributed by atoms with Crippen molar-refractivity contribution in [3.8, 4) is 0 Å². The minimum Gasteiger partial charge on any atom is -0.381 e. The van der Waals surface area contributed by atoms with Gasteiger partial charge in [0.05, 0.1) is 0 Å². The molecule has 0 aromatic rings. The van der Waals surface area contributed by atoms with Crippen LogP contribution in [0.1, 0.15) is 51.9 Å². The van der Waals surface area contributed by atoms with Crippen LogP contribution in [0.25, 0.3) is 0 Å². The van der Waals surface area contributed by atoms with Gasteiger partial charge in [0.15, 0.2) is 0 Å². The first-order chi connectivity index (χ1) is 12.6. The van der Waals surface area contributed by atoms with E-state index in [-0.39, 0.29) is 29.9 Å². The van der Waals surface area contributed by atoms with Gasteiger partial charge in [0.25, 0.3) is 0 Å². The zero-order valence-corrected chi connectivity index (χ0v) is 16.4. The molecule has 0 aromatic heterocycles. The first-order valence-corrected chi connectivity index (χ1v) is 10.2. The molecule has 148 valence electrons. The number of carbonyl (C=O) groups is 2. The second-order valence-electron chi connectivity index (χ2n) is 8.22. The highest BCUT2D eigenvalue weighted by Crippen LogP contribution is 2.36. The molecule has 0 N–H and O–H groups in total. The molecule has 2 aliphatic heterocycles. The smallest absolute Gasteiger partial charge is 0.249 e. The molecule has 0 bridgehead atoms. The summed E-state index contributed by atoms with van der Waals surface area (Å²) in [7, 11) is 1.56. The molecule has 2 heterocycles. The monoisotopic (exact) mass is 366 g/mol. The molecular formula is C20H34N2O4. The third kappa shape index (κ3) is 4.06. The SMILES string of the molecule is COCC(=O)N1CCN(C(=O)C(C)C2CCCC2)CCC12CCOCC2. The summed E-state index contributed by atoms with van der Waals surface area (Å²) in [6.07, 6.45) is 7.41. The van der Waals surface area contributed by atoms with Crippen molar-refractivity contribution < 1.29 is 19.1 Å². The summed E-state index contributed by atoms with van der Waals surface area (Å²) in [5, 5.41) is 0. The van der Waals surface area contributed by atoms with Gasteiger partial charge < -0.3 is 19.3 Å². The fourth-order valence-corrected chi connectivity index (χ4v) is 5.08. The minimum atomic E-state index is -0.181. The Bertz CT molecular complexity index is 498. The summed E-state index contributed by atoms with van der Waals surface area (Å²) in [6.45, 7) is 5.55. The van der Waals surface area contributed by atoms with Crippen LogP contribution < -0.4 is 0 Å². The number of carbonyl (C=O) groups excluding carboxylic acids is 2. The van der Waals surface area contributed by atoms with Crippen molar-refractivity contribution in [2.75, 3.05) is 46.6 Å². The fourth-order valence-electron chi connectivity index (χ4n) is 5.08. The van der Waals surface area contributed by atoms with E-state index in [4.69, 9.17) is 9.47 Å². The van der Waals surface area contributed by atoms with Gasteiger partial charge >= 0.3 is 0 Å². The molecule has 2 amide bonds. The number of nitrogens with zero attached hydrogens (tertiary/aromatic N) is 2. The average Bonchev–Trinajstić information content (AvgIpc) is 3.13. The number of methoxy groups -OCH3 is 1. The van der Waals surface area contributed by atoms with E-state index < -0.39 is 0 Å². The van der Waals surface area contributed by atoms with Gasteiger partial charge in [0.2, 0.25) is 11.8 Å². The second kappa shape index (κ2) is 8.70. The van der Waals surface area contributed by atoms with E-state index in [1.807, 2.05) is 9.80 Å². The molecule has 6 heteroatoms. The molecule has 1 unspecified atom stereocenters. The molecule has 3 fully saturated rings. The average molecular weight is 367 g/mol. The Kier molecular flexibility index (Phi) is 6.56. The summed E-state index contributed by atoms with van der Waals surface area (Å²) in [5.74, 6) is 0.950. The van der Waals surface area contributed by atoms with Crippen molar-refractivity contribution in [3.05, 3.63) is 0 Å². The van der Waals surface area contributed by atoms with E-state index in [1.165, 1.54) is 25.7 Å². The Morgan fingerprint density at radius 2 is 1.81 bits per heavy atom. The number of amides is 2. The Morgan fingerprint density at radius 3 is 2.46 bits per heavy atom. The van der Waals surface area contributed by atoms with Crippen molar-refractivity contribution >= 4 is 11.8 Å². The third-order valence-electron chi connectivity index (χ3n) is 6.81. The summed E-state index contributed by atoms with van der Waals surface area (Å²) in [6, 6.07) is 0. The van der Waals surface area contributed by atoms with Gasteiger partial charge in [-0.15, -0.1) is 0 Å². The van der Waals surface area contributed by atoms with Gasteiger partial charge in [0.1, 0.15) is 6.61 Å². The number of hydrogen-bond acceptors (Lipinski definition) is 4. The van der Waals surface area contributed by atoms with Gasteiger partial charge in [-0.1, -0.05) is 19.8 Å². The van der Waals surface area contributed by atoms with Crippen LogP contribution in [-0.4, -0.2) is 73.7 Å². The van der Waals surface area contributed by atoms with Gasteiger partial charge in [0, 0.05) is 51.4 Å². The fraction of sp³-hybridized carbons (Fsp3) is 0.900. The lowest BCUT2D eigenvalue weighted by molar-refractivity contribution is -0.146. The van der Waals surface area contributed by atoms with Crippen LogP contribution >= 0.6 is 0 Å². The van der Waals surface area contributed by atoms with Crippen LogP contribution in [0, 0.1) is 11.8 Å². The van der Waals surface area contributed by atoms with Crippen LogP contribution in [0.4, 0.5) is 0 Å². The number of rotatable bonds is 4. The third-order valence-corrected chi connectivity index (χ3v) is 6.81. The normalized spacial score (nSPS) is 25.3. The number of ether oxygens (including phenoxy) is 2. The van der Waals surface area contributed by atoms with E-state index in [0.29, 0.717) is 32.2 Å². The summed E-state index contributed by atoms with van der Waals surface area (Å²) in [5.41, 5.74) is -0.181. The largest absolute Gasteiger partial charge is 0.381 e. The molecule has 0 radical (unpaired) electrons. The molecule has 2 saturated heterocycles. The molecule has 1 saturated carbocycles. The zero-order chi connectivity index (χ0) is 18.6. The highest BCUT2D eigenvalue weighted by molar-refractivity contribution is 5.80. The second-order valence-corrected chi connectivity index (χ2v) is 8.22.